The lowest BCUT2D eigenvalue weighted by Crippen LogP contribution is -2.53. The van der Waals surface area contributed by atoms with E-state index in [0.717, 1.165) is 11.3 Å². The number of thiophene rings is 1. The van der Waals surface area contributed by atoms with E-state index in [2.05, 4.69) is 21.2 Å². The van der Waals surface area contributed by atoms with Crippen molar-refractivity contribution in [3.05, 3.63) is 14.2 Å². The van der Waals surface area contributed by atoms with Crippen LogP contribution in [0.2, 0.25) is 0 Å². The van der Waals surface area contributed by atoms with Crippen LogP contribution in [0, 0.1) is 0 Å². The van der Waals surface area contributed by atoms with Gasteiger partial charge in [-0.2, -0.15) is 0 Å². The molecule has 26 heavy (non-hydrogen) atoms. The number of carbonyl (C=O) groups excluding carboxylic acids is 1. The minimum absolute atomic E-state index is 0.0799. The Balaban J connectivity index is 1.89. The number of methoxy groups -OCH3 is 1. The molecule has 0 aliphatic carbocycles. The zero-order valence-electron chi connectivity index (χ0n) is 13.8. The summed E-state index contributed by atoms with van der Waals surface area (Å²) >= 11 is 4.25. The minimum atomic E-state index is -3.02. The molecule has 5 nitrogen and oxygen atoms in total. The molecule has 0 bridgehead atoms. The van der Waals surface area contributed by atoms with Crippen LogP contribution in [0.4, 0.5) is 23.2 Å². The average Bonchev–Trinajstić information content (AvgIpc) is 3.06. The van der Waals surface area contributed by atoms with Gasteiger partial charge in [0.1, 0.15) is 4.88 Å². The fourth-order valence-electron chi connectivity index (χ4n) is 3.41. The molecule has 3 N–H and O–H groups in total. The number of halogens is 5. The molecule has 0 aromatic carbocycles. The Morgan fingerprint density at radius 1 is 1.46 bits per heavy atom. The van der Waals surface area contributed by atoms with Crippen LogP contribution in [0.25, 0.3) is 0 Å². The van der Waals surface area contributed by atoms with E-state index in [1.54, 1.807) is 0 Å². The van der Waals surface area contributed by atoms with E-state index in [9.17, 15) is 22.4 Å². The Morgan fingerprint density at radius 3 is 2.73 bits per heavy atom. The van der Waals surface area contributed by atoms with Gasteiger partial charge < -0.3 is 20.7 Å². The summed E-state index contributed by atoms with van der Waals surface area (Å²) in [6, 6.07) is -1.48. The topological polar surface area (TPSA) is 67.6 Å². The number of nitrogens with zero attached hydrogens (tertiary/aromatic N) is 1. The number of anilines is 1. The Morgan fingerprint density at radius 2 is 2.15 bits per heavy atom. The van der Waals surface area contributed by atoms with Crippen molar-refractivity contribution in [1.29, 1.82) is 0 Å². The SMILES string of the molecule is COC(=O)c1sc(Br)c2c1N(CC(N)C1CC(F)(F)CN1)CC(F)(F)C2. The number of hydrogen-bond acceptors (Lipinski definition) is 6. The number of nitrogens with one attached hydrogen (secondary N) is 1. The predicted octanol–water partition coefficient (Wildman–Crippen LogP) is 2.62. The molecule has 146 valence electrons. The number of alkyl halides is 4. The highest BCUT2D eigenvalue weighted by Crippen LogP contribution is 2.46. The third-order valence-electron chi connectivity index (χ3n) is 4.56. The molecule has 1 aromatic rings. The second-order valence-corrected chi connectivity index (χ2v) is 8.99. The number of nitrogens with two attached hydrogens (primary N) is 1. The number of esters is 1. The summed E-state index contributed by atoms with van der Waals surface area (Å²) in [5.41, 5.74) is 6.69. The molecule has 3 rings (SSSR count). The van der Waals surface area contributed by atoms with Gasteiger partial charge >= 0.3 is 5.97 Å². The normalized spacial score (nSPS) is 25.0. The number of fused-ring (bicyclic) bond motifs is 1. The maximum atomic E-state index is 14.2. The number of ether oxygens (including phenoxy) is 1. The lowest BCUT2D eigenvalue weighted by Gasteiger charge is -2.37. The van der Waals surface area contributed by atoms with Crippen LogP contribution in [-0.4, -0.2) is 56.6 Å². The highest BCUT2D eigenvalue weighted by Gasteiger charge is 2.45. The van der Waals surface area contributed by atoms with Crippen LogP contribution in [0.3, 0.4) is 0 Å². The fourth-order valence-corrected chi connectivity index (χ4v) is 5.21. The maximum absolute atomic E-state index is 14.2. The molecule has 11 heteroatoms. The van der Waals surface area contributed by atoms with Gasteiger partial charge in [0.25, 0.3) is 11.8 Å². The first-order valence-corrected chi connectivity index (χ1v) is 9.53. The first-order chi connectivity index (χ1) is 12.0. The van der Waals surface area contributed by atoms with Gasteiger partial charge in [0.15, 0.2) is 0 Å². The molecule has 0 saturated carbocycles. The molecule has 1 saturated heterocycles. The van der Waals surface area contributed by atoms with Crippen LogP contribution >= 0.6 is 27.3 Å². The molecule has 1 fully saturated rings. The van der Waals surface area contributed by atoms with Crippen molar-refractivity contribution in [2.24, 2.45) is 5.73 Å². The van der Waals surface area contributed by atoms with Crippen LogP contribution in [0.5, 0.6) is 0 Å². The number of carbonyl (C=O) groups is 1. The predicted molar refractivity (Wildman–Crippen MR) is 93.6 cm³/mol. The van der Waals surface area contributed by atoms with Gasteiger partial charge in [0, 0.05) is 37.0 Å². The summed E-state index contributed by atoms with van der Waals surface area (Å²) in [6.07, 6.45) is -0.954. The largest absolute Gasteiger partial charge is 0.465 e. The van der Waals surface area contributed by atoms with Gasteiger partial charge in [-0.1, -0.05) is 0 Å². The van der Waals surface area contributed by atoms with Crippen molar-refractivity contribution in [1.82, 2.24) is 5.32 Å². The quantitative estimate of drug-likeness (QED) is 0.535. The molecule has 2 atom stereocenters. The monoisotopic (exact) mass is 459 g/mol. The first kappa shape index (κ1) is 19.8. The van der Waals surface area contributed by atoms with Gasteiger partial charge in [-0.15, -0.1) is 11.3 Å². The minimum Gasteiger partial charge on any atom is -0.465 e. The highest BCUT2D eigenvalue weighted by molar-refractivity contribution is 9.11. The van der Waals surface area contributed by atoms with Crippen molar-refractivity contribution < 1.29 is 27.1 Å². The van der Waals surface area contributed by atoms with Crippen LogP contribution in [-0.2, 0) is 11.2 Å². The van der Waals surface area contributed by atoms with Gasteiger partial charge in [-0.05, 0) is 15.9 Å². The van der Waals surface area contributed by atoms with Gasteiger partial charge in [-0.25, -0.2) is 22.4 Å². The van der Waals surface area contributed by atoms with Crippen molar-refractivity contribution in [3.63, 3.8) is 0 Å². The summed E-state index contributed by atoms with van der Waals surface area (Å²) in [6.45, 7) is -1.20. The Labute approximate surface area is 160 Å². The third kappa shape index (κ3) is 3.85. The summed E-state index contributed by atoms with van der Waals surface area (Å²) in [5.74, 6) is -6.51. The summed E-state index contributed by atoms with van der Waals surface area (Å²) in [7, 11) is 1.21. The van der Waals surface area contributed by atoms with Crippen molar-refractivity contribution in [3.8, 4) is 0 Å². The Kier molecular flexibility index (Phi) is 5.28. The van der Waals surface area contributed by atoms with E-state index in [1.807, 2.05) is 0 Å². The summed E-state index contributed by atoms with van der Waals surface area (Å²) in [5, 5.41) is 2.65. The zero-order valence-corrected chi connectivity index (χ0v) is 16.2. The zero-order chi connectivity index (χ0) is 19.3. The van der Waals surface area contributed by atoms with Crippen molar-refractivity contribution in [2.75, 3.05) is 31.6 Å². The average molecular weight is 460 g/mol. The number of hydrogen-bond donors (Lipinski definition) is 2. The Bertz CT molecular complexity index is 715. The van der Waals surface area contributed by atoms with Crippen LogP contribution in [0.15, 0.2) is 3.79 Å². The van der Waals surface area contributed by atoms with Crippen molar-refractivity contribution >= 4 is 38.9 Å². The molecule has 0 spiro atoms. The fraction of sp³-hybridized carbons (Fsp3) is 0.667. The molecular weight excluding hydrogens is 442 g/mol. The van der Waals surface area contributed by atoms with Crippen LogP contribution < -0.4 is 16.0 Å². The molecule has 0 amide bonds. The summed E-state index contributed by atoms with van der Waals surface area (Å²) < 4.78 is 60.4. The highest BCUT2D eigenvalue weighted by atomic mass is 79.9. The second-order valence-electron chi connectivity index (χ2n) is 6.65. The van der Waals surface area contributed by atoms with E-state index in [0.29, 0.717) is 15.0 Å². The molecule has 2 aliphatic heterocycles. The lowest BCUT2D eigenvalue weighted by atomic mass is 9.99. The van der Waals surface area contributed by atoms with Crippen molar-refractivity contribution in [2.45, 2.75) is 36.8 Å². The molecule has 2 aliphatic rings. The van der Waals surface area contributed by atoms with Gasteiger partial charge in [0.05, 0.1) is 29.7 Å². The molecule has 3 heterocycles. The third-order valence-corrected chi connectivity index (χ3v) is 6.52. The Hall–Kier alpha value is -0.910. The smallest absolute Gasteiger partial charge is 0.350 e. The van der Waals surface area contributed by atoms with E-state index < -0.39 is 55.8 Å². The van der Waals surface area contributed by atoms with E-state index in [-0.39, 0.29) is 11.4 Å². The second kappa shape index (κ2) is 6.92. The molecule has 1 aromatic heterocycles. The standard InChI is InChI=1S/C15H18BrF4N3O2S/c1-25-13(24)11-10-7(12(16)26-11)2-15(19,20)6-23(10)4-8(21)9-3-14(17,18)5-22-9/h8-9,22H,2-6,21H2,1H3. The van der Waals surface area contributed by atoms with E-state index in [4.69, 9.17) is 10.5 Å². The van der Waals surface area contributed by atoms with E-state index >= 15 is 0 Å². The van der Waals surface area contributed by atoms with Gasteiger partial charge in [-0.3, -0.25) is 0 Å². The van der Waals surface area contributed by atoms with E-state index in [1.165, 1.54) is 12.0 Å². The summed E-state index contributed by atoms with van der Waals surface area (Å²) in [4.78, 5) is 13.6. The lowest BCUT2D eigenvalue weighted by molar-refractivity contribution is 0.00434. The molecule has 0 radical (unpaired) electrons. The van der Waals surface area contributed by atoms with Gasteiger partial charge in [0.2, 0.25) is 0 Å². The first-order valence-electron chi connectivity index (χ1n) is 7.92. The molecular formula is C15H18BrF4N3O2S. The van der Waals surface area contributed by atoms with Crippen LogP contribution in [0.1, 0.15) is 21.7 Å². The molecule has 2 unspecified atom stereocenters. The maximum Gasteiger partial charge on any atom is 0.350 e. The number of rotatable bonds is 4.